The summed E-state index contributed by atoms with van der Waals surface area (Å²) in [5.74, 6) is 0. The van der Waals surface area contributed by atoms with Crippen LogP contribution in [0.25, 0.3) is 0 Å². The number of rotatable bonds is 8. The number of nitrogens with one attached hydrogen (secondary N) is 1. The third-order valence-corrected chi connectivity index (χ3v) is 4.71. The summed E-state index contributed by atoms with van der Waals surface area (Å²) < 4.78 is 6.95. The zero-order valence-electron chi connectivity index (χ0n) is 13.2. The summed E-state index contributed by atoms with van der Waals surface area (Å²) in [6, 6.07) is 6.69. The van der Waals surface area contributed by atoms with E-state index in [2.05, 4.69) is 58.2 Å². The standard InChI is InChI=1S/C17H27BrN2O/c1-3-9-19-12-14-7-8-15(11-17(14)18)20(4-2)13-16-6-5-10-21-16/h7-8,11,16,19H,3-6,9-10,12-13H2,1-2H3. The second-order valence-electron chi connectivity index (χ2n) is 5.63. The van der Waals surface area contributed by atoms with E-state index in [1.54, 1.807) is 0 Å². The summed E-state index contributed by atoms with van der Waals surface area (Å²) in [6.45, 7) is 9.32. The van der Waals surface area contributed by atoms with E-state index in [9.17, 15) is 0 Å². The van der Waals surface area contributed by atoms with Crippen molar-refractivity contribution in [3.8, 4) is 0 Å². The second-order valence-corrected chi connectivity index (χ2v) is 6.48. The molecule has 1 aromatic carbocycles. The van der Waals surface area contributed by atoms with E-state index < -0.39 is 0 Å². The second kappa shape index (κ2) is 8.76. The molecule has 1 aliphatic heterocycles. The number of anilines is 1. The molecule has 1 heterocycles. The minimum atomic E-state index is 0.398. The number of ether oxygens (including phenoxy) is 1. The van der Waals surface area contributed by atoms with E-state index >= 15 is 0 Å². The van der Waals surface area contributed by atoms with Gasteiger partial charge < -0.3 is 15.0 Å². The average molecular weight is 355 g/mol. The van der Waals surface area contributed by atoms with Crippen LogP contribution in [0.2, 0.25) is 0 Å². The van der Waals surface area contributed by atoms with Crippen LogP contribution in [0.5, 0.6) is 0 Å². The monoisotopic (exact) mass is 354 g/mol. The van der Waals surface area contributed by atoms with Gasteiger partial charge in [0.15, 0.2) is 0 Å². The molecular weight excluding hydrogens is 328 g/mol. The first kappa shape index (κ1) is 16.8. The molecule has 0 radical (unpaired) electrons. The highest BCUT2D eigenvalue weighted by Gasteiger charge is 2.19. The normalized spacial score (nSPS) is 18.1. The first-order chi connectivity index (χ1) is 10.2. The van der Waals surface area contributed by atoms with Crippen molar-refractivity contribution in [3.63, 3.8) is 0 Å². The minimum Gasteiger partial charge on any atom is -0.376 e. The summed E-state index contributed by atoms with van der Waals surface area (Å²) in [5.41, 5.74) is 2.60. The van der Waals surface area contributed by atoms with Gasteiger partial charge in [0, 0.05) is 36.4 Å². The molecule has 1 aromatic rings. The van der Waals surface area contributed by atoms with Crippen LogP contribution in [0.3, 0.4) is 0 Å². The van der Waals surface area contributed by atoms with Crippen molar-refractivity contribution in [3.05, 3.63) is 28.2 Å². The lowest BCUT2D eigenvalue weighted by atomic mass is 10.1. The number of hydrogen-bond donors (Lipinski definition) is 1. The van der Waals surface area contributed by atoms with Crippen LogP contribution in [-0.4, -0.2) is 32.3 Å². The fraction of sp³-hybridized carbons (Fsp3) is 0.647. The Morgan fingerprint density at radius 3 is 2.86 bits per heavy atom. The van der Waals surface area contributed by atoms with E-state index in [1.165, 1.54) is 35.0 Å². The van der Waals surface area contributed by atoms with Crippen molar-refractivity contribution in [2.45, 2.75) is 45.8 Å². The lowest BCUT2D eigenvalue weighted by Gasteiger charge is -2.26. The van der Waals surface area contributed by atoms with Gasteiger partial charge in [-0.15, -0.1) is 0 Å². The highest BCUT2D eigenvalue weighted by Crippen LogP contribution is 2.25. The summed E-state index contributed by atoms with van der Waals surface area (Å²) in [7, 11) is 0. The first-order valence-corrected chi connectivity index (χ1v) is 8.89. The molecule has 4 heteroatoms. The van der Waals surface area contributed by atoms with Gasteiger partial charge >= 0.3 is 0 Å². The largest absolute Gasteiger partial charge is 0.376 e. The van der Waals surface area contributed by atoms with Gasteiger partial charge in [-0.3, -0.25) is 0 Å². The molecule has 0 aliphatic carbocycles. The summed E-state index contributed by atoms with van der Waals surface area (Å²) >= 11 is 3.71. The minimum absolute atomic E-state index is 0.398. The third-order valence-electron chi connectivity index (χ3n) is 3.97. The Bertz CT molecular complexity index is 433. The topological polar surface area (TPSA) is 24.5 Å². The Morgan fingerprint density at radius 1 is 1.38 bits per heavy atom. The van der Waals surface area contributed by atoms with Crippen molar-refractivity contribution in [1.29, 1.82) is 0 Å². The zero-order valence-corrected chi connectivity index (χ0v) is 14.8. The number of nitrogens with zero attached hydrogens (tertiary/aromatic N) is 1. The predicted octanol–water partition coefficient (Wildman–Crippen LogP) is 3.95. The fourth-order valence-electron chi connectivity index (χ4n) is 2.73. The van der Waals surface area contributed by atoms with Crippen LogP contribution in [0.4, 0.5) is 5.69 Å². The Kier molecular flexibility index (Phi) is 7.00. The molecule has 0 spiro atoms. The lowest BCUT2D eigenvalue weighted by molar-refractivity contribution is 0.115. The third kappa shape index (κ3) is 4.97. The average Bonchev–Trinajstić information content (AvgIpc) is 2.99. The highest BCUT2D eigenvalue weighted by molar-refractivity contribution is 9.10. The number of hydrogen-bond acceptors (Lipinski definition) is 3. The van der Waals surface area contributed by atoms with Gasteiger partial charge in [-0.1, -0.05) is 28.9 Å². The van der Waals surface area contributed by atoms with Gasteiger partial charge in [0.05, 0.1) is 6.10 Å². The molecule has 1 atom stereocenters. The number of benzene rings is 1. The molecule has 1 aliphatic rings. The Labute approximate surface area is 137 Å². The quantitative estimate of drug-likeness (QED) is 0.715. The molecule has 1 fully saturated rings. The van der Waals surface area contributed by atoms with E-state index in [-0.39, 0.29) is 0 Å². The van der Waals surface area contributed by atoms with Crippen molar-refractivity contribution in [2.24, 2.45) is 0 Å². The van der Waals surface area contributed by atoms with Crippen LogP contribution in [0, 0.1) is 0 Å². The molecule has 1 N–H and O–H groups in total. The van der Waals surface area contributed by atoms with E-state index in [1.807, 2.05) is 0 Å². The Morgan fingerprint density at radius 2 is 2.24 bits per heavy atom. The maximum absolute atomic E-state index is 5.76. The van der Waals surface area contributed by atoms with Gasteiger partial charge in [-0.05, 0) is 50.4 Å². The van der Waals surface area contributed by atoms with Crippen molar-refractivity contribution in [1.82, 2.24) is 5.32 Å². The van der Waals surface area contributed by atoms with Gasteiger partial charge in [0.1, 0.15) is 0 Å². The summed E-state index contributed by atoms with van der Waals surface area (Å²) in [4.78, 5) is 2.41. The molecule has 21 heavy (non-hydrogen) atoms. The zero-order chi connectivity index (χ0) is 15.1. The van der Waals surface area contributed by atoms with Crippen LogP contribution >= 0.6 is 15.9 Å². The van der Waals surface area contributed by atoms with Crippen LogP contribution in [-0.2, 0) is 11.3 Å². The van der Waals surface area contributed by atoms with Crippen LogP contribution < -0.4 is 10.2 Å². The molecule has 1 saturated heterocycles. The number of likely N-dealkylation sites (N-methyl/N-ethyl adjacent to an activating group) is 1. The van der Waals surface area contributed by atoms with Crippen LogP contribution in [0.1, 0.15) is 38.7 Å². The molecule has 0 saturated carbocycles. The van der Waals surface area contributed by atoms with E-state index in [4.69, 9.17) is 4.74 Å². The summed E-state index contributed by atoms with van der Waals surface area (Å²) in [6.07, 6.45) is 3.96. The smallest absolute Gasteiger partial charge is 0.0750 e. The SMILES string of the molecule is CCCNCc1ccc(N(CC)CC2CCCO2)cc1Br. The Balaban J connectivity index is 1.98. The van der Waals surface area contributed by atoms with E-state index in [0.29, 0.717) is 6.10 Å². The van der Waals surface area contributed by atoms with Crippen molar-refractivity contribution >= 4 is 21.6 Å². The van der Waals surface area contributed by atoms with Crippen molar-refractivity contribution < 1.29 is 4.74 Å². The molecular formula is C17H27BrN2O. The molecule has 0 aromatic heterocycles. The molecule has 3 nitrogen and oxygen atoms in total. The molecule has 1 unspecified atom stereocenters. The first-order valence-electron chi connectivity index (χ1n) is 8.10. The molecule has 0 bridgehead atoms. The van der Waals surface area contributed by atoms with Gasteiger partial charge in [-0.2, -0.15) is 0 Å². The Hall–Kier alpha value is -0.580. The lowest BCUT2D eigenvalue weighted by Crippen LogP contribution is -2.32. The van der Waals surface area contributed by atoms with Crippen LogP contribution in [0.15, 0.2) is 22.7 Å². The number of halogens is 1. The van der Waals surface area contributed by atoms with Crippen molar-refractivity contribution in [2.75, 3.05) is 31.1 Å². The van der Waals surface area contributed by atoms with Gasteiger partial charge in [-0.25, -0.2) is 0 Å². The fourth-order valence-corrected chi connectivity index (χ4v) is 3.23. The predicted molar refractivity (Wildman–Crippen MR) is 93.0 cm³/mol. The summed E-state index contributed by atoms with van der Waals surface area (Å²) in [5, 5.41) is 3.45. The molecule has 2 rings (SSSR count). The van der Waals surface area contributed by atoms with E-state index in [0.717, 1.165) is 32.8 Å². The highest BCUT2D eigenvalue weighted by atomic mass is 79.9. The maximum atomic E-state index is 5.76. The molecule has 0 amide bonds. The van der Waals surface area contributed by atoms with Gasteiger partial charge in [0.25, 0.3) is 0 Å². The maximum Gasteiger partial charge on any atom is 0.0750 e. The molecule has 118 valence electrons. The van der Waals surface area contributed by atoms with Gasteiger partial charge in [0.2, 0.25) is 0 Å².